The number of benzene rings is 2. The minimum atomic E-state index is -0.480. The number of nitrogens with zero attached hydrogens (tertiary/aromatic N) is 1. The topological polar surface area (TPSA) is 49.4 Å². The van der Waals surface area contributed by atoms with Crippen LogP contribution in [0.5, 0.6) is 0 Å². The number of carbonyl (C=O) groups excluding carboxylic acids is 2. The average Bonchev–Trinajstić information content (AvgIpc) is 2.99. The van der Waals surface area contributed by atoms with Crippen LogP contribution < -0.4 is 10.2 Å². The van der Waals surface area contributed by atoms with Crippen molar-refractivity contribution in [3.8, 4) is 0 Å². The van der Waals surface area contributed by atoms with Crippen molar-refractivity contribution in [3.05, 3.63) is 65.7 Å². The number of hydrogen-bond donors (Lipinski definition) is 1. The zero-order valence-electron chi connectivity index (χ0n) is 13.2. The smallest absolute Gasteiger partial charge is 0.259 e. The van der Waals surface area contributed by atoms with Gasteiger partial charge in [-0.3, -0.25) is 14.5 Å². The zero-order chi connectivity index (χ0) is 16.2. The van der Waals surface area contributed by atoms with Crippen LogP contribution in [0.1, 0.15) is 29.3 Å². The number of carbonyl (C=O) groups is 2. The van der Waals surface area contributed by atoms with Crippen molar-refractivity contribution in [2.75, 3.05) is 11.4 Å². The highest BCUT2D eigenvalue weighted by molar-refractivity contribution is 6.11. The molecule has 0 fully saturated rings. The van der Waals surface area contributed by atoms with Crippen molar-refractivity contribution < 1.29 is 9.59 Å². The predicted octanol–water partition coefficient (Wildman–Crippen LogP) is 2.78. The van der Waals surface area contributed by atoms with Gasteiger partial charge >= 0.3 is 0 Å². The van der Waals surface area contributed by atoms with Gasteiger partial charge < -0.3 is 5.32 Å². The molecule has 23 heavy (non-hydrogen) atoms. The first kappa shape index (κ1) is 15.3. The lowest BCUT2D eigenvalue weighted by atomic mass is 10.1. The van der Waals surface area contributed by atoms with E-state index in [-0.39, 0.29) is 11.8 Å². The van der Waals surface area contributed by atoms with Crippen LogP contribution in [-0.4, -0.2) is 24.4 Å². The molecule has 1 aliphatic rings. The molecule has 3 rings (SSSR count). The standard InChI is InChI=1S/C19H20N2O2/c1-2-12-20-18(22)17-13-15-10-6-7-11-16(15)21(17)19(23)14-8-4-3-5-9-14/h3-11,17H,2,12-13H2,1H3,(H,20,22)/t17-/m0/s1. The molecule has 0 saturated heterocycles. The van der Waals surface area contributed by atoms with Gasteiger partial charge in [0.1, 0.15) is 6.04 Å². The summed E-state index contributed by atoms with van der Waals surface area (Å²) >= 11 is 0. The van der Waals surface area contributed by atoms with Gasteiger partial charge in [0.25, 0.3) is 5.91 Å². The fourth-order valence-corrected chi connectivity index (χ4v) is 2.93. The Labute approximate surface area is 136 Å². The van der Waals surface area contributed by atoms with E-state index >= 15 is 0 Å². The summed E-state index contributed by atoms with van der Waals surface area (Å²) in [4.78, 5) is 27.1. The molecule has 0 radical (unpaired) electrons. The summed E-state index contributed by atoms with van der Waals surface area (Å²) in [5.41, 5.74) is 2.46. The Morgan fingerprint density at radius 3 is 2.52 bits per heavy atom. The van der Waals surface area contributed by atoms with Gasteiger partial charge in [0.2, 0.25) is 5.91 Å². The Bertz CT molecular complexity index is 712. The molecule has 0 unspecified atom stereocenters. The van der Waals surface area contributed by atoms with E-state index in [1.165, 1.54) is 0 Å². The third-order valence-corrected chi connectivity index (χ3v) is 4.07. The molecule has 4 nitrogen and oxygen atoms in total. The van der Waals surface area contributed by atoms with Gasteiger partial charge in [-0.15, -0.1) is 0 Å². The van der Waals surface area contributed by atoms with Crippen molar-refractivity contribution in [2.24, 2.45) is 0 Å². The minimum Gasteiger partial charge on any atom is -0.354 e. The molecular weight excluding hydrogens is 288 g/mol. The molecule has 0 saturated carbocycles. The van der Waals surface area contributed by atoms with Crippen molar-refractivity contribution in [3.63, 3.8) is 0 Å². The molecule has 1 heterocycles. The summed E-state index contributed by atoms with van der Waals surface area (Å²) in [6.07, 6.45) is 1.43. The summed E-state index contributed by atoms with van der Waals surface area (Å²) < 4.78 is 0. The van der Waals surface area contributed by atoms with Gasteiger partial charge in [0.05, 0.1) is 0 Å². The Morgan fingerprint density at radius 2 is 1.78 bits per heavy atom. The number of para-hydroxylation sites is 1. The number of anilines is 1. The average molecular weight is 308 g/mol. The fourth-order valence-electron chi connectivity index (χ4n) is 2.93. The number of rotatable bonds is 4. The van der Waals surface area contributed by atoms with Crippen LogP contribution in [0, 0.1) is 0 Å². The molecular formula is C19H20N2O2. The van der Waals surface area contributed by atoms with E-state index in [1.54, 1.807) is 17.0 Å². The van der Waals surface area contributed by atoms with Crippen molar-refractivity contribution in [2.45, 2.75) is 25.8 Å². The van der Waals surface area contributed by atoms with Gasteiger partial charge in [0.15, 0.2) is 0 Å². The first-order chi connectivity index (χ1) is 11.2. The van der Waals surface area contributed by atoms with Gasteiger partial charge in [-0.2, -0.15) is 0 Å². The zero-order valence-corrected chi connectivity index (χ0v) is 13.2. The maximum atomic E-state index is 12.9. The Kier molecular flexibility index (Phi) is 4.42. The first-order valence-electron chi connectivity index (χ1n) is 7.96. The van der Waals surface area contributed by atoms with Crippen LogP contribution in [0.4, 0.5) is 5.69 Å². The summed E-state index contributed by atoms with van der Waals surface area (Å²) in [7, 11) is 0. The molecule has 0 aromatic heterocycles. The third kappa shape index (κ3) is 2.97. The Hall–Kier alpha value is -2.62. The molecule has 0 aliphatic carbocycles. The number of amides is 2. The van der Waals surface area contributed by atoms with Gasteiger partial charge in [0, 0.05) is 24.2 Å². The molecule has 1 N–H and O–H groups in total. The SMILES string of the molecule is CCCNC(=O)[C@@H]1Cc2ccccc2N1C(=O)c1ccccc1. The van der Waals surface area contributed by atoms with Gasteiger partial charge in [-0.1, -0.05) is 43.3 Å². The lowest BCUT2D eigenvalue weighted by Gasteiger charge is -2.25. The van der Waals surface area contributed by atoms with Gasteiger partial charge in [-0.25, -0.2) is 0 Å². The number of fused-ring (bicyclic) bond motifs is 1. The quantitative estimate of drug-likeness (QED) is 0.944. The normalized spacial score (nSPS) is 16.0. The van der Waals surface area contributed by atoms with Crippen LogP contribution in [0.3, 0.4) is 0 Å². The van der Waals surface area contributed by atoms with Crippen molar-refractivity contribution >= 4 is 17.5 Å². The molecule has 2 amide bonds. The maximum absolute atomic E-state index is 12.9. The second-order valence-corrected chi connectivity index (χ2v) is 5.68. The summed E-state index contributed by atoms with van der Waals surface area (Å²) in [6.45, 7) is 2.63. The van der Waals surface area contributed by atoms with Crippen LogP contribution in [-0.2, 0) is 11.2 Å². The highest BCUT2D eigenvalue weighted by Gasteiger charge is 2.38. The molecule has 4 heteroatoms. The van der Waals surface area contributed by atoms with Crippen molar-refractivity contribution in [1.82, 2.24) is 5.32 Å². The second-order valence-electron chi connectivity index (χ2n) is 5.68. The fraction of sp³-hybridized carbons (Fsp3) is 0.263. The molecule has 1 aliphatic heterocycles. The highest BCUT2D eigenvalue weighted by atomic mass is 16.2. The summed E-state index contributed by atoms with van der Waals surface area (Å²) in [5, 5.41) is 2.91. The minimum absolute atomic E-state index is 0.0904. The van der Waals surface area contributed by atoms with E-state index < -0.39 is 6.04 Å². The number of hydrogen-bond acceptors (Lipinski definition) is 2. The van der Waals surface area contributed by atoms with Crippen LogP contribution in [0.25, 0.3) is 0 Å². The second kappa shape index (κ2) is 6.65. The van der Waals surface area contributed by atoms with E-state index in [9.17, 15) is 9.59 Å². The Morgan fingerprint density at radius 1 is 1.09 bits per heavy atom. The molecule has 2 aromatic rings. The van der Waals surface area contributed by atoms with E-state index in [4.69, 9.17) is 0 Å². The van der Waals surface area contributed by atoms with E-state index in [0.29, 0.717) is 18.5 Å². The summed E-state index contributed by atoms with van der Waals surface area (Å²) in [5.74, 6) is -0.223. The molecule has 0 spiro atoms. The van der Waals surface area contributed by atoms with Crippen LogP contribution in [0.2, 0.25) is 0 Å². The van der Waals surface area contributed by atoms with Crippen LogP contribution in [0.15, 0.2) is 54.6 Å². The molecule has 118 valence electrons. The third-order valence-electron chi connectivity index (χ3n) is 4.07. The highest BCUT2D eigenvalue weighted by Crippen LogP contribution is 2.33. The largest absolute Gasteiger partial charge is 0.354 e. The first-order valence-corrected chi connectivity index (χ1v) is 7.96. The lowest BCUT2D eigenvalue weighted by molar-refractivity contribution is -0.122. The molecule has 2 aromatic carbocycles. The Balaban J connectivity index is 1.95. The monoisotopic (exact) mass is 308 g/mol. The van der Waals surface area contributed by atoms with Crippen LogP contribution >= 0.6 is 0 Å². The van der Waals surface area contributed by atoms with Crippen molar-refractivity contribution in [1.29, 1.82) is 0 Å². The molecule has 0 bridgehead atoms. The number of nitrogens with one attached hydrogen (secondary N) is 1. The lowest BCUT2D eigenvalue weighted by Crippen LogP contribution is -2.48. The molecule has 1 atom stereocenters. The summed E-state index contributed by atoms with van der Waals surface area (Å²) in [6, 6.07) is 16.4. The maximum Gasteiger partial charge on any atom is 0.259 e. The predicted molar refractivity (Wildman–Crippen MR) is 90.5 cm³/mol. The van der Waals surface area contributed by atoms with E-state index in [0.717, 1.165) is 17.7 Å². The van der Waals surface area contributed by atoms with E-state index in [2.05, 4.69) is 5.32 Å². The van der Waals surface area contributed by atoms with E-state index in [1.807, 2.05) is 49.4 Å². The van der Waals surface area contributed by atoms with Gasteiger partial charge in [-0.05, 0) is 30.2 Å².